The van der Waals surface area contributed by atoms with E-state index in [1.807, 2.05) is 6.92 Å². The SMILES string of the molecule is CC(=O)O[C@@H](C(=O)OC(C)(C)C)[C@@H](OC(C)=O)C(=O)N(CCCl)c1ccc(C)cc1. The van der Waals surface area contributed by atoms with Crippen molar-refractivity contribution in [2.24, 2.45) is 0 Å². The molecule has 0 saturated carbocycles. The molecule has 0 unspecified atom stereocenters. The van der Waals surface area contributed by atoms with E-state index < -0.39 is 41.6 Å². The number of hydrogen-bond acceptors (Lipinski definition) is 7. The third-order valence-corrected chi connectivity index (χ3v) is 3.83. The highest BCUT2D eigenvalue weighted by atomic mass is 35.5. The van der Waals surface area contributed by atoms with Gasteiger partial charge in [-0.2, -0.15) is 0 Å². The Hall–Kier alpha value is -2.61. The van der Waals surface area contributed by atoms with E-state index >= 15 is 0 Å². The van der Waals surface area contributed by atoms with Crippen LogP contribution < -0.4 is 4.90 Å². The summed E-state index contributed by atoms with van der Waals surface area (Å²) in [5.41, 5.74) is 0.529. The number of halogens is 1. The van der Waals surface area contributed by atoms with Gasteiger partial charge in [-0.1, -0.05) is 17.7 Å². The quantitative estimate of drug-likeness (QED) is 0.347. The van der Waals surface area contributed by atoms with Crippen molar-refractivity contribution in [1.82, 2.24) is 0 Å². The molecule has 166 valence electrons. The molecule has 9 heteroatoms. The summed E-state index contributed by atoms with van der Waals surface area (Å²) in [6, 6.07) is 6.97. The molecule has 1 aromatic rings. The molecule has 2 atom stereocenters. The summed E-state index contributed by atoms with van der Waals surface area (Å²) in [6.45, 7) is 8.96. The minimum Gasteiger partial charge on any atom is -0.457 e. The molecule has 0 aliphatic rings. The Balaban J connectivity index is 3.39. The van der Waals surface area contributed by atoms with Crippen LogP contribution in [0.15, 0.2) is 24.3 Å². The van der Waals surface area contributed by atoms with Crippen molar-refractivity contribution in [2.75, 3.05) is 17.3 Å². The van der Waals surface area contributed by atoms with Crippen LogP contribution in [0.3, 0.4) is 0 Å². The van der Waals surface area contributed by atoms with Crippen molar-refractivity contribution in [1.29, 1.82) is 0 Å². The number of hydrogen-bond donors (Lipinski definition) is 0. The lowest BCUT2D eigenvalue weighted by molar-refractivity contribution is -0.188. The van der Waals surface area contributed by atoms with Gasteiger partial charge in [0.15, 0.2) is 0 Å². The summed E-state index contributed by atoms with van der Waals surface area (Å²) < 4.78 is 15.5. The molecule has 0 aromatic heterocycles. The first-order chi connectivity index (χ1) is 13.9. The van der Waals surface area contributed by atoms with Gasteiger partial charge in [-0.3, -0.25) is 14.4 Å². The Kier molecular flexibility index (Phi) is 9.29. The lowest BCUT2D eigenvalue weighted by Crippen LogP contribution is -2.53. The second-order valence-corrected chi connectivity index (χ2v) is 7.99. The molecule has 1 rings (SSSR count). The minimum absolute atomic E-state index is 0.0718. The summed E-state index contributed by atoms with van der Waals surface area (Å²) in [4.78, 5) is 50.6. The Labute approximate surface area is 181 Å². The number of benzene rings is 1. The second-order valence-electron chi connectivity index (χ2n) is 7.61. The Bertz CT molecular complexity index is 771. The molecule has 0 aliphatic heterocycles. The maximum absolute atomic E-state index is 13.3. The van der Waals surface area contributed by atoms with Crippen LogP contribution in [-0.4, -0.2) is 54.0 Å². The van der Waals surface area contributed by atoms with Crippen LogP contribution in [0.25, 0.3) is 0 Å². The van der Waals surface area contributed by atoms with Gasteiger partial charge < -0.3 is 19.1 Å². The van der Waals surface area contributed by atoms with Gasteiger partial charge >= 0.3 is 17.9 Å². The highest BCUT2D eigenvalue weighted by Crippen LogP contribution is 2.21. The van der Waals surface area contributed by atoms with Crippen LogP contribution in [0, 0.1) is 6.92 Å². The Morgan fingerprint density at radius 1 is 0.967 bits per heavy atom. The van der Waals surface area contributed by atoms with E-state index in [2.05, 4.69) is 0 Å². The van der Waals surface area contributed by atoms with Crippen LogP contribution in [0.4, 0.5) is 5.69 Å². The molecule has 0 fully saturated rings. The van der Waals surface area contributed by atoms with Gasteiger partial charge in [0, 0.05) is 32.0 Å². The maximum atomic E-state index is 13.3. The predicted molar refractivity (Wildman–Crippen MR) is 111 cm³/mol. The highest BCUT2D eigenvalue weighted by molar-refractivity contribution is 6.18. The number of nitrogens with zero attached hydrogens (tertiary/aromatic N) is 1. The fraction of sp³-hybridized carbons (Fsp3) is 0.524. The molecule has 0 N–H and O–H groups in total. The number of carbonyl (C=O) groups is 4. The molecule has 0 saturated heterocycles. The zero-order chi connectivity index (χ0) is 23.1. The number of alkyl halides is 1. The summed E-state index contributed by atoms with van der Waals surface area (Å²) >= 11 is 5.87. The number of carbonyl (C=O) groups excluding carboxylic acids is 4. The molecule has 0 heterocycles. The van der Waals surface area contributed by atoms with Gasteiger partial charge in [0.1, 0.15) is 5.60 Å². The number of aryl methyl sites for hydroxylation is 1. The molecule has 1 aromatic carbocycles. The standard InChI is InChI=1S/C21H28ClNO7/c1-13-7-9-16(10-8-13)23(12-11-22)19(26)17(28-14(2)24)18(29-15(3)25)20(27)30-21(4,5)6/h7-10,17-18H,11-12H2,1-6H3/t17-,18-/m1/s1. The van der Waals surface area contributed by atoms with E-state index in [1.54, 1.807) is 45.0 Å². The van der Waals surface area contributed by atoms with Crippen molar-refractivity contribution >= 4 is 41.1 Å². The van der Waals surface area contributed by atoms with Gasteiger partial charge in [0.25, 0.3) is 5.91 Å². The van der Waals surface area contributed by atoms with Crippen LogP contribution >= 0.6 is 11.6 Å². The molecule has 0 aliphatic carbocycles. The number of ether oxygens (including phenoxy) is 3. The first-order valence-corrected chi connectivity index (χ1v) is 9.90. The molecular formula is C21H28ClNO7. The molecule has 30 heavy (non-hydrogen) atoms. The molecule has 0 radical (unpaired) electrons. The number of anilines is 1. The molecular weight excluding hydrogens is 414 g/mol. The summed E-state index contributed by atoms with van der Waals surface area (Å²) in [7, 11) is 0. The van der Waals surface area contributed by atoms with Crippen LogP contribution in [0.5, 0.6) is 0 Å². The zero-order valence-electron chi connectivity index (χ0n) is 18.1. The third-order valence-electron chi connectivity index (χ3n) is 3.66. The van der Waals surface area contributed by atoms with E-state index in [0.29, 0.717) is 5.69 Å². The van der Waals surface area contributed by atoms with Crippen molar-refractivity contribution in [3.05, 3.63) is 29.8 Å². The minimum atomic E-state index is -1.78. The summed E-state index contributed by atoms with van der Waals surface area (Å²) in [5, 5.41) is 0. The average Bonchev–Trinajstić information content (AvgIpc) is 2.61. The van der Waals surface area contributed by atoms with Gasteiger partial charge in [0.05, 0.1) is 0 Å². The molecule has 0 bridgehead atoms. The first-order valence-electron chi connectivity index (χ1n) is 9.37. The Morgan fingerprint density at radius 3 is 1.90 bits per heavy atom. The van der Waals surface area contributed by atoms with Crippen LogP contribution in [0.2, 0.25) is 0 Å². The molecule has 0 spiro atoms. The summed E-state index contributed by atoms with van der Waals surface area (Å²) in [6.07, 6.45) is -3.52. The van der Waals surface area contributed by atoms with E-state index in [4.69, 9.17) is 25.8 Å². The topological polar surface area (TPSA) is 99.2 Å². The van der Waals surface area contributed by atoms with Crippen molar-refractivity contribution in [2.45, 2.75) is 59.4 Å². The zero-order valence-corrected chi connectivity index (χ0v) is 18.8. The maximum Gasteiger partial charge on any atom is 0.352 e. The monoisotopic (exact) mass is 441 g/mol. The third kappa shape index (κ3) is 8.02. The Morgan fingerprint density at radius 2 is 1.47 bits per heavy atom. The number of esters is 3. The fourth-order valence-corrected chi connectivity index (χ4v) is 2.69. The number of rotatable bonds is 8. The normalized spacial score (nSPS) is 13.0. The molecule has 1 amide bonds. The average molecular weight is 442 g/mol. The molecule has 8 nitrogen and oxygen atoms in total. The van der Waals surface area contributed by atoms with Gasteiger partial charge in [-0.05, 0) is 39.8 Å². The van der Waals surface area contributed by atoms with E-state index in [9.17, 15) is 19.2 Å². The summed E-state index contributed by atoms with van der Waals surface area (Å²) in [5.74, 6) is -3.37. The second kappa shape index (κ2) is 11.0. The lowest BCUT2D eigenvalue weighted by atomic mass is 10.1. The van der Waals surface area contributed by atoms with Crippen molar-refractivity contribution < 1.29 is 33.4 Å². The number of amides is 1. The van der Waals surface area contributed by atoms with Crippen LogP contribution in [0.1, 0.15) is 40.2 Å². The lowest BCUT2D eigenvalue weighted by Gasteiger charge is -2.31. The van der Waals surface area contributed by atoms with E-state index in [1.165, 1.54) is 4.90 Å². The predicted octanol–water partition coefficient (Wildman–Crippen LogP) is 2.77. The van der Waals surface area contributed by atoms with Gasteiger partial charge in [-0.15, -0.1) is 11.6 Å². The first kappa shape index (κ1) is 25.4. The van der Waals surface area contributed by atoms with Crippen molar-refractivity contribution in [3.8, 4) is 0 Å². The van der Waals surface area contributed by atoms with E-state index in [0.717, 1.165) is 19.4 Å². The fourth-order valence-electron chi connectivity index (χ4n) is 2.52. The van der Waals surface area contributed by atoms with Crippen LogP contribution in [-0.2, 0) is 33.4 Å². The largest absolute Gasteiger partial charge is 0.457 e. The van der Waals surface area contributed by atoms with Gasteiger partial charge in [0.2, 0.25) is 12.2 Å². The van der Waals surface area contributed by atoms with E-state index in [-0.39, 0.29) is 12.4 Å². The van der Waals surface area contributed by atoms with Gasteiger partial charge in [-0.25, -0.2) is 4.79 Å². The van der Waals surface area contributed by atoms with Crippen molar-refractivity contribution in [3.63, 3.8) is 0 Å². The highest BCUT2D eigenvalue weighted by Gasteiger charge is 2.44. The smallest absolute Gasteiger partial charge is 0.352 e.